The van der Waals surface area contributed by atoms with Crippen LogP contribution in [0.15, 0.2) is 23.3 Å². The van der Waals surface area contributed by atoms with Crippen LogP contribution in [0.4, 0.5) is 0 Å². The predicted octanol–water partition coefficient (Wildman–Crippen LogP) is 0.849. The first-order valence-electron chi connectivity index (χ1n) is 3.38. The first-order chi connectivity index (χ1) is 5.38. The molecule has 0 saturated carbocycles. The normalized spacial score (nSPS) is 14.7. The van der Waals surface area contributed by atoms with Gasteiger partial charge in [-0.15, -0.1) is 0 Å². The second-order valence-corrected chi connectivity index (χ2v) is 2.32. The largest absolute Gasteiger partial charge is 0.278 e. The Balaban J connectivity index is 2.59. The van der Waals surface area contributed by atoms with E-state index in [1.165, 1.54) is 0 Å². The van der Waals surface area contributed by atoms with Gasteiger partial charge in [0.15, 0.2) is 0 Å². The van der Waals surface area contributed by atoms with E-state index in [4.69, 9.17) is 0 Å². The number of pyridine rings is 1. The van der Waals surface area contributed by atoms with Gasteiger partial charge in [0.1, 0.15) is 0 Å². The van der Waals surface area contributed by atoms with E-state index in [0.29, 0.717) is 12.0 Å². The minimum Gasteiger partial charge on any atom is -0.267 e. The van der Waals surface area contributed by atoms with E-state index in [-0.39, 0.29) is 5.91 Å². The van der Waals surface area contributed by atoms with E-state index in [1.54, 1.807) is 24.5 Å². The first-order valence-corrected chi connectivity index (χ1v) is 3.38. The fourth-order valence-electron chi connectivity index (χ4n) is 1.08. The Bertz CT molecular complexity index is 331. The average Bonchev–Trinajstić information content (AvgIpc) is 2.06. The van der Waals surface area contributed by atoms with Crippen molar-refractivity contribution in [1.82, 2.24) is 4.98 Å². The second kappa shape index (κ2) is 2.27. The Hall–Kier alpha value is -1.51. The average molecular weight is 146 g/mol. The molecule has 0 spiro atoms. The summed E-state index contributed by atoms with van der Waals surface area (Å²) in [7, 11) is 0. The SMILES string of the molecule is O=C1N=CCc2ncccc21. The van der Waals surface area contributed by atoms with Crippen molar-refractivity contribution in [3.8, 4) is 0 Å². The van der Waals surface area contributed by atoms with E-state index >= 15 is 0 Å². The van der Waals surface area contributed by atoms with Crippen molar-refractivity contribution in [1.29, 1.82) is 0 Å². The highest BCUT2D eigenvalue weighted by molar-refractivity contribution is 6.02. The van der Waals surface area contributed by atoms with Gasteiger partial charge >= 0.3 is 0 Å². The van der Waals surface area contributed by atoms with Crippen molar-refractivity contribution in [3.63, 3.8) is 0 Å². The Morgan fingerprint density at radius 3 is 3.18 bits per heavy atom. The molecule has 2 heterocycles. The fraction of sp³-hybridized carbons (Fsp3) is 0.125. The molecule has 1 aromatic heterocycles. The standard InChI is InChI=1S/C8H6N2O/c11-8-6-2-1-4-9-7(6)3-5-10-8/h1-2,4-5H,3H2. The van der Waals surface area contributed by atoms with Crippen LogP contribution in [0.5, 0.6) is 0 Å². The Labute approximate surface area is 63.8 Å². The van der Waals surface area contributed by atoms with E-state index in [9.17, 15) is 4.79 Å². The van der Waals surface area contributed by atoms with Crippen LogP contribution in [0, 0.1) is 0 Å². The smallest absolute Gasteiger partial charge is 0.267 e. The molecular weight excluding hydrogens is 140 g/mol. The summed E-state index contributed by atoms with van der Waals surface area (Å²) in [6, 6.07) is 3.50. The maximum atomic E-state index is 11.0. The Morgan fingerprint density at radius 2 is 2.36 bits per heavy atom. The molecule has 2 rings (SSSR count). The highest BCUT2D eigenvalue weighted by Gasteiger charge is 2.12. The molecule has 1 aliphatic rings. The summed E-state index contributed by atoms with van der Waals surface area (Å²) in [6.07, 6.45) is 3.95. The van der Waals surface area contributed by atoms with Gasteiger partial charge in [0, 0.05) is 18.8 Å². The van der Waals surface area contributed by atoms with Gasteiger partial charge in [-0.2, -0.15) is 0 Å². The van der Waals surface area contributed by atoms with Crippen molar-refractivity contribution in [2.45, 2.75) is 6.42 Å². The summed E-state index contributed by atoms with van der Waals surface area (Å²) in [5.74, 6) is -0.181. The number of fused-ring (bicyclic) bond motifs is 1. The van der Waals surface area contributed by atoms with Crippen LogP contribution in [0.25, 0.3) is 0 Å². The number of carbonyl (C=O) groups is 1. The summed E-state index contributed by atoms with van der Waals surface area (Å²) in [5.41, 5.74) is 1.46. The van der Waals surface area contributed by atoms with E-state index in [2.05, 4.69) is 9.98 Å². The van der Waals surface area contributed by atoms with Gasteiger partial charge < -0.3 is 0 Å². The number of hydrogen-bond donors (Lipinski definition) is 0. The van der Waals surface area contributed by atoms with Crippen LogP contribution >= 0.6 is 0 Å². The monoisotopic (exact) mass is 146 g/mol. The summed E-state index contributed by atoms with van der Waals surface area (Å²) < 4.78 is 0. The molecule has 0 saturated heterocycles. The number of amides is 1. The zero-order valence-electron chi connectivity index (χ0n) is 5.82. The molecule has 3 nitrogen and oxygen atoms in total. The molecule has 54 valence electrons. The van der Waals surface area contributed by atoms with Crippen LogP contribution in [0.3, 0.4) is 0 Å². The predicted molar refractivity (Wildman–Crippen MR) is 40.8 cm³/mol. The number of hydrogen-bond acceptors (Lipinski definition) is 2. The topological polar surface area (TPSA) is 42.3 Å². The molecule has 0 radical (unpaired) electrons. The lowest BCUT2D eigenvalue weighted by atomic mass is 10.1. The highest BCUT2D eigenvalue weighted by Crippen LogP contribution is 2.10. The van der Waals surface area contributed by atoms with Gasteiger partial charge in [0.2, 0.25) is 0 Å². The minimum absolute atomic E-state index is 0.181. The van der Waals surface area contributed by atoms with Crippen molar-refractivity contribution < 1.29 is 4.79 Å². The lowest BCUT2D eigenvalue weighted by Gasteiger charge is -2.05. The van der Waals surface area contributed by atoms with Crippen molar-refractivity contribution in [2.75, 3.05) is 0 Å². The summed E-state index contributed by atoms with van der Waals surface area (Å²) in [5, 5.41) is 0. The number of aliphatic imine (C=N–C) groups is 1. The van der Waals surface area contributed by atoms with E-state index in [1.807, 2.05) is 0 Å². The summed E-state index contributed by atoms with van der Waals surface area (Å²) >= 11 is 0. The Morgan fingerprint density at radius 1 is 1.45 bits per heavy atom. The number of rotatable bonds is 0. The number of carbonyl (C=O) groups excluding carboxylic acids is 1. The molecule has 0 atom stereocenters. The molecule has 1 amide bonds. The third-order valence-electron chi connectivity index (χ3n) is 1.61. The molecule has 0 N–H and O–H groups in total. The van der Waals surface area contributed by atoms with Gasteiger partial charge in [-0.05, 0) is 12.1 Å². The highest BCUT2D eigenvalue weighted by atomic mass is 16.1. The van der Waals surface area contributed by atoms with E-state index < -0.39 is 0 Å². The number of nitrogens with zero attached hydrogens (tertiary/aromatic N) is 2. The molecule has 0 fully saturated rings. The van der Waals surface area contributed by atoms with E-state index in [0.717, 1.165) is 5.69 Å². The molecule has 3 heteroatoms. The summed E-state index contributed by atoms with van der Waals surface area (Å²) in [6.45, 7) is 0. The van der Waals surface area contributed by atoms with Crippen LogP contribution < -0.4 is 0 Å². The molecule has 0 aliphatic carbocycles. The van der Waals surface area contributed by atoms with Crippen LogP contribution in [0.2, 0.25) is 0 Å². The maximum Gasteiger partial charge on any atom is 0.278 e. The third kappa shape index (κ3) is 0.941. The second-order valence-electron chi connectivity index (χ2n) is 2.32. The zero-order valence-corrected chi connectivity index (χ0v) is 5.82. The lowest BCUT2D eigenvalue weighted by molar-refractivity contribution is 0.100. The third-order valence-corrected chi connectivity index (χ3v) is 1.61. The van der Waals surface area contributed by atoms with Crippen LogP contribution in [-0.4, -0.2) is 17.1 Å². The van der Waals surface area contributed by atoms with Gasteiger partial charge in [-0.25, -0.2) is 4.99 Å². The van der Waals surface area contributed by atoms with Gasteiger partial charge in [0.25, 0.3) is 5.91 Å². The first kappa shape index (κ1) is 6.22. The van der Waals surface area contributed by atoms with Crippen molar-refractivity contribution >= 4 is 12.1 Å². The van der Waals surface area contributed by atoms with Gasteiger partial charge in [0.05, 0.1) is 11.3 Å². The molecule has 0 aromatic carbocycles. The maximum absolute atomic E-state index is 11.0. The molecular formula is C8H6N2O. The molecule has 0 unspecified atom stereocenters. The van der Waals surface area contributed by atoms with Gasteiger partial charge in [-0.1, -0.05) is 0 Å². The van der Waals surface area contributed by atoms with Gasteiger partial charge in [-0.3, -0.25) is 9.78 Å². The molecule has 11 heavy (non-hydrogen) atoms. The quantitative estimate of drug-likeness (QED) is 0.544. The minimum atomic E-state index is -0.181. The fourth-order valence-corrected chi connectivity index (χ4v) is 1.08. The molecule has 0 bridgehead atoms. The molecule has 1 aliphatic heterocycles. The van der Waals surface area contributed by atoms with Crippen molar-refractivity contribution in [3.05, 3.63) is 29.6 Å². The zero-order chi connectivity index (χ0) is 7.68. The lowest BCUT2D eigenvalue weighted by Crippen LogP contribution is -2.09. The van der Waals surface area contributed by atoms with Crippen LogP contribution in [0.1, 0.15) is 16.1 Å². The summed E-state index contributed by atoms with van der Waals surface area (Å²) in [4.78, 5) is 18.8. The van der Waals surface area contributed by atoms with Crippen LogP contribution in [-0.2, 0) is 6.42 Å². The van der Waals surface area contributed by atoms with Crippen molar-refractivity contribution in [2.24, 2.45) is 4.99 Å². The Kier molecular flexibility index (Phi) is 1.28. The molecule has 1 aromatic rings. The number of aromatic nitrogens is 1.